The van der Waals surface area contributed by atoms with E-state index < -0.39 is 5.97 Å². The van der Waals surface area contributed by atoms with Gasteiger partial charge in [-0.3, -0.25) is 0 Å². The van der Waals surface area contributed by atoms with Crippen LogP contribution in [0.5, 0.6) is 11.6 Å². The average molecular weight is 323 g/mol. The maximum atomic E-state index is 11.9. The van der Waals surface area contributed by atoms with Crippen molar-refractivity contribution in [3.63, 3.8) is 0 Å². The molecule has 0 bridgehead atoms. The zero-order valence-electron chi connectivity index (χ0n) is 13.7. The van der Waals surface area contributed by atoms with Gasteiger partial charge in [-0.1, -0.05) is 17.7 Å². The summed E-state index contributed by atoms with van der Waals surface area (Å²) >= 11 is 0. The maximum absolute atomic E-state index is 11.9. The quantitative estimate of drug-likeness (QED) is 0.639. The molecule has 6 nitrogen and oxygen atoms in total. The van der Waals surface area contributed by atoms with Gasteiger partial charge >= 0.3 is 5.97 Å². The fourth-order valence-electron chi connectivity index (χ4n) is 2.11. The van der Waals surface area contributed by atoms with E-state index in [1.54, 1.807) is 29.4 Å². The van der Waals surface area contributed by atoms with E-state index in [1.165, 1.54) is 0 Å². The van der Waals surface area contributed by atoms with Gasteiger partial charge in [-0.15, -0.1) is 0 Å². The van der Waals surface area contributed by atoms with Crippen molar-refractivity contribution in [2.24, 2.45) is 4.99 Å². The molecule has 1 aliphatic rings. The minimum absolute atomic E-state index is 0.184. The summed E-state index contributed by atoms with van der Waals surface area (Å²) in [5.41, 5.74) is 1.89. The second kappa shape index (κ2) is 6.54. The van der Waals surface area contributed by atoms with Gasteiger partial charge in [0.05, 0.1) is 5.56 Å². The van der Waals surface area contributed by atoms with Crippen LogP contribution in [0.2, 0.25) is 0 Å². The Hall–Kier alpha value is -3.15. The lowest BCUT2D eigenvalue weighted by atomic mass is 10.2. The molecule has 122 valence electrons. The lowest BCUT2D eigenvalue weighted by molar-refractivity contribution is -0.130. The molecule has 3 rings (SSSR count). The molecule has 0 spiro atoms. The van der Waals surface area contributed by atoms with E-state index in [-0.39, 0.29) is 11.6 Å². The molecule has 0 radical (unpaired) electrons. The summed E-state index contributed by atoms with van der Waals surface area (Å²) in [4.78, 5) is 22.1. The molecule has 2 aromatic rings. The van der Waals surface area contributed by atoms with E-state index in [9.17, 15) is 4.79 Å². The van der Waals surface area contributed by atoms with Crippen molar-refractivity contribution in [3.05, 3.63) is 65.6 Å². The highest BCUT2D eigenvalue weighted by atomic mass is 16.6. The van der Waals surface area contributed by atoms with Crippen molar-refractivity contribution < 1.29 is 14.3 Å². The van der Waals surface area contributed by atoms with Gasteiger partial charge < -0.3 is 14.4 Å². The van der Waals surface area contributed by atoms with Crippen LogP contribution in [-0.4, -0.2) is 35.8 Å². The first-order chi connectivity index (χ1) is 11.5. The molecule has 0 amide bonds. The third-order valence-corrected chi connectivity index (χ3v) is 3.24. The van der Waals surface area contributed by atoms with Crippen LogP contribution in [-0.2, 0) is 9.53 Å². The second-order valence-corrected chi connectivity index (χ2v) is 5.56. The lowest BCUT2D eigenvalue weighted by Gasteiger charge is -2.09. The van der Waals surface area contributed by atoms with Crippen LogP contribution in [0.25, 0.3) is 0 Å². The third kappa shape index (κ3) is 3.43. The predicted octanol–water partition coefficient (Wildman–Crippen LogP) is 2.89. The highest BCUT2D eigenvalue weighted by molar-refractivity contribution is 6.11. The zero-order chi connectivity index (χ0) is 17.1. The Bertz CT molecular complexity index is 824. The zero-order valence-corrected chi connectivity index (χ0v) is 13.7. The van der Waals surface area contributed by atoms with Crippen LogP contribution < -0.4 is 4.74 Å². The van der Waals surface area contributed by atoms with E-state index in [0.717, 1.165) is 5.56 Å². The summed E-state index contributed by atoms with van der Waals surface area (Å²) in [5, 5.41) is 0. The number of aliphatic imine (C=N–C) groups is 1. The van der Waals surface area contributed by atoms with Gasteiger partial charge in [-0.25, -0.2) is 14.8 Å². The first-order valence-electron chi connectivity index (χ1n) is 7.42. The van der Waals surface area contributed by atoms with Crippen molar-refractivity contribution in [3.8, 4) is 11.6 Å². The van der Waals surface area contributed by atoms with Crippen molar-refractivity contribution in [1.82, 2.24) is 9.88 Å². The molecule has 6 heteroatoms. The van der Waals surface area contributed by atoms with Gasteiger partial charge in [0, 0.05) is 26.5 Å². The van der Waals surface area contributed by atoms with Crippen molar-refractivity contribution in [2.75, 3.05) is 14.1 Å². The summed E-state index contributed by atoms with van der Waals surface area (Å²) in [6, 6.07) is 11.1. The third-order valence-electron chi connectivity index (χ3n) is 3.24. The number of esters is 1. The molecule has 0 saturated carbocycles. The highest BCUT2D eigenvalue weighted by Gasteiger charge is 2.27. The lowest BCUT2D eigenvalue weighted by Crippen LogP contribution is -2.09. The standard InChI is InChI=1S/C18H17N3O3/c1-12-6-8-13(9-7-12)23-16-14(5-4-10-19-16)17-20-15(11-21(2)3)18(22)24-17/h4-11H,1-3H3. The van der Waals surface area contributed by atoms with E-state index in [0.29, 0.717) is 17.2 Å². The van der Waals surface area contributed by atoms with Gasteiger partial charge in [0.2, 0.25) is 11.8 Å². The van der Waals surface area contributed by atoms with Gasteiger partial charge in [0.1, 0.15) is 5.75 Å². The molecule has 0 fully saturated rings. The van der Waals surface area contributed by atoms with Crippen LogP contribution in [0.4, 0.5) is 0 Å². The molecule has 0 unspecified atom stereocenters. The molecule has 2 heterocycles. The summed E-state index contributed by atoms with van der Waals surface area (Å²) in [6.45, 7) is 2.00. The van der Waals surface area contributed by atoms with Crippen LogP contribution in [0.1, 0.15) is 11.1 Å². The van der Waals surface area contributed by atoms with Gasteiger partial charge in [0.25, 0.3) is 0 Å². The Morgan fingerprint density at radius 1 is 1.17 bits per heavy atom. The second-order valence-electron chi connectivity index (χ2n) is 5.56. The minimum atomic E-state index is -0.496. The molecule has 1 aromatic carbocycles. The number of pyridine rings is 1. The average Bonchev–Trinajstić information content (AvgIpc) is 2.90. The first-order valence-corrected chi connectivity index (χ1v) is 7.42. The smallest absolute Gasteiger partial charge is 0.365 e. The SMILES string of the molecule is Cc1ccc(Oc2ncccc2C2=NC(=CN(C)C)C(=O)O2)cc1. The fraction of sp³-hybridized carbons (Fsp3) is 0.167. The molecule has 24 heavy (non-hydrogen) atoms. The number of hydrogen-bond donors (Lipinski definition) is 0. The number of nitrogens with zero attached hydrogens (tertiary/aromatic N) is 3. The number of hydrogen-bond acceptors (Lipinski definition) is 6. The number of aryl methyl sites for hydroxylation is 1. The summed E-state index contributed by atoms with van der Waals surface area (Å²) in [6.07, 6.45) is 3.22. The van der Waals surface area contributed by atoms with E-state index >= 15 is 0 Å². The first kappa shape index (κ1) is 15.7. The highest BCUT2D eigenvalue weighted by Crippen LogP contribution is 2.26. The predicted molar refractivity (Wildman–Crippen MR) is 89.9 cm³/mol. The molecule has 0 atom stereocenters. The van der Waals surface area contributed by atoms with Crippen molar-refractivity contribution >= 4 is 11.9 Å². The van der Waals surface area contributed by atoms with Gasteiger partial charge in [0.15, 0.2) is 5.70 Å². The Balaban J connectivity index is 1.92. The topological polar surface area (TPSA) is 64.0 Å². The molecule has 1 aromatic heterocycles. The van der Waals surface area contributed by atoms with Gasteiger partial charge in [-0.2, -0.15) is 0 Å². The number of benzene rings is 1. The summed E-state index contributed by atoms with van der Waals surface area (Å²) in [7, 11) is 3.62. The van der Waals surface area contributed by atoms with E-state index in [4.69, 9.17) is 9.47 Å². The summed E-state index contributed by atoms with van der Waals surface area (Å²) in [5.74, 6) is 0.667. The van der Waals surface area contributed by atoms with Crippen LogP contribution in [0.3, 0.4) is 0 Å². The molecular formula is C18H17N3O3. The monoisotopic (exact) mass is 323 g/mol. The van der Waals surface area contributed by atoms with E-state index in [1.807, 2.05) is 45.3 Å². The Morgan fingerprint density at radius 2 is 1.92 bits per heavy atom. The van der Waals surface area contributed by atoms with Crippen LogP contribution in [0, 0.1) is 6.92 Å². The Morgan fingerprint density at radius 3 is 2.62 bits per heavy atom. The number of rotatable bonds is 4. The van der Waals surface area contributed by atoms with Crippen molar-refractivity contribution in [2.45, 2.75) is 6.92 Å². The Labute approximate surface area is 140 Å². The molecule has 1 aliphatic heterocycles. The normalized spacial score (nSPS) is 15.2. The molecular weight excluding hydrogens is 306 g/mol. The Kier molecular flexibility index (Phi) is 4.29. The number of ether oxygens (including phenoxy) is 2. The number of carbonyl (C=O) groups is 1. The molecule has 0 aliphatic carbocycles. The summed E-state index contributed by atoms with van der Waals surface area (Å²) < 4.78 is 11.1. The maximum Gasteiger partial charge on any atom is 0.365 e. The van der Waals surface area contributed by atoms with Gasteiger partial charge in [-0.05, 0) is 31.2 Å². The molecule has 0 N–H and O–H groups in total. The number of aromatic nitrogens is 1. The van der Waals surface area contributed by atoms with Crippen LogP contribution >= 0.6 is 0 Å². The van der Waals surface area contributed by atoms with Crippen LogP contribution in [0.15, 0.2) is 59.5 Å². The number of cyclic esters (lactones) is 1. The largest absolute Gasteiger partial charge is 0.438 e. The van der Waals surface area contributed by atoms with Crippen molar-refractivity contribution in [1.29, 1.82) is 0 Å². The van der Waals surface area contributed by atoms with E-state index in [2.05, 4.69) is 9.98 Å². The molecule has 0 saturated heterocycles. The minimum Gasteiger partial charge on any atom is -0.438 e. The fourth-order valence-corrected chi connectivity index (χ4v) is 2.11. The number of carbonyl (C=O) groups excluding carboxylic acids is 1.